The van der Waals surface area contributed by atoms with E-state index >= 15 is 0 Å². The highest BCUT2D eigenvalue weighted by Gasteiger charge is 2.18. The van der Waals surface area contributed by atoms with E-state index in [4.69, 9.17) is 9.47 Å². The molecule has 0 aliphatic carbocycles. The van der Waals surface area contributed by atoms with Crippen LogP contribution in [0, 0.1) is 5.82 Å². The lowest BCUT2D eigenvalue weighted by Gasteiger charge is -2.19. The molecule has 0 spiro atoms. The monoisotopic (exact) mass is 559 g/mol. The molecule has 42 heavy (non-hydrogen) atoms. The number of aromatic nitrogens is 3. The Bertz CT molecular complexity index is 1800. The smallest absolute Gasteiger partial charge is 0.219 e. The van der Waals surface area contributed by atoms with Crippen LogP contribution in [0.2, 0.25) is 0 Å². The molecule has 3 heterocycles. The third kappa shape index (κ3) is 5.45. The lowest BCUT2D eigenvalue weighted by molar-refractivity contribution is 0.459. The molecule has 0 saturated carbocycles. The zero-order chi connectivity index (χ0) is 29.6. The number of pyridine rings is 2. The number of hydrogen-bond acceptors (Lipinski definition) is 4. The van der Waals surface area contributed by atoms with Gasteiger partial charge in [0.1, 0.15) is 17.3 Å². The summed E-state index contributed by atoms with van der Waals surface area (Å²) in [6, 6.07) is 26.5. The molecule has 6 rings (SSSR count). The minimum atomic E-state index is -0.277. The molecular formula is C36H34FN3O2. The summed E-state index contributed by atoms with van der Waals surface area (Å²) in [7, 11) is 0. The van der Waals surface area contributed by atoms with E-state index in [0.29, 0.717) is 23.3 Å². The van der Waals surface area contributed by atoms with E-state index < -0.39 is 0 Å². The van der Waals surface area contributed by atoms with Crippen molar-refractivity contribution in [3.63, 3.8) is 0 Å². The van der Waals surface area contributed by atoms with Crippen LogP contribution in [-0.2, 0) is 10.8 Å². The summed E-state index contributed by atoms with van der Waals surface area (Å²) in [6.45, 7) is 13.0. The molecule has 3 aromatic carbocycles. The largest absolute Gasteiger partial charge is 0.439 e. The van der Waals surface area contributed by atoms with Crippen molar-refractivity contribution >= 4 is 21.8 Å². The van der Waals surface area contributed by atoms with Crippen LogP contribution in [0.3, 0.4) is 0 Å². The van der Waals surface area contributed by atoms with Crippen LogP contribution >= 0.6 is 0 Å². The fourth-order valence-corrected chi connectivity index (χ4v) is 5.08. The van der Waals surface area contributed by atoms with Gasteiger partial charge in [-0.25, -0.2) is 14.4 Å². The third-order valence-corrected chi connectivity index (χ3v) is 7.44. The van der Waals surface area contributed by atoms with Gasteiger partial charge in [-0.3, -0.25) is 0 Å². The summed E-state index contributed by atoms with van der Waals surface area (Å²) in [5.74, 6) is 2.15. The Morgan fingerprint density at radius 3 is 1.45 bits per heavy atom. The number of halogens is 1. The molecular weight excluding hydrogens is 525 g/mol. The summed E-state index contributed by atoms with van der Waals surface area (Å²) >= 11 is 0. The molecule has 3 aromatic heterocycles. The summed E-state index contributed by atoms with van der Waals surface area (Å²) in [6.07, 6.45) is 3.56. The van der Waals surface area contributed by atoms with E-state index in [1.165, 1.54) is 12.1 Å². The maximum atomic E-state index is 13.8. The number of nitrogens with zero attached hydrogens (tertiary/aromatic N) is 3. The average Bonchev–Trinajstić information content (AvgIpc) is 3.26. The molecule has 0 atom stereocenters. The van der Waals surface area contributed by atoms with Crippen LogP contribution < -0.4 is 9.47 Å². The molecule has 0 fully saturated rings. The highest BCUT2D eigenvalue weighted by Crippen LogP contribution is 2.38. The average molecular weight is 560 g/mol. The fourth-order valence-electron chi connectivity index (χ4n) is 5.08. The Labute approximate surface area is 245 Å². The van der Waals surface area contributed by atoms with Crippen LogP contribution in [-0.4, -0.2) is 14.5 Å². The van der Waals surface area contributed by atoms with E-state index in [1.54, 1.807) is 24.5 Å². The molecule has 0 unspecified atom stereocenters. The minimum Gasteiger partial charge on any atom is -0.439 e. The molecule has 0 aliphatic heterocycles. The van der Waals surface area contributed by atoms with Crippen molar-refractivity contribution in [2.24, 2.45) is 0 Å². The normalized spacial score (nSPS) is 12.2. The zero-order valence-electron chi connectivity index (χ0n) is 24.8. The Kier molecular flexibility index (Phi) is 6.72. The molecule has 5 nitrogen and oxygen atoms in total. The van der Waals surface area contributed by atoms with Gasteiger partial charge in [0.2, 0.25) is 11.8 Å². The number of hydrogen-bond donors (Lipinski definition) is 0. The third-order valence-electron chi connectivity index (χ3n) is 7.44. The Hall–Kier alpha value is -4.71. The quantitative estimate of drug-likeness (QED) is 0.211. The van der Waals surface area contributed by atoms with E-state index in [2.05, 4.69) is 56.1 Å². The summed E-state index contributed by atoms with van der Waals surface area (Å²) < 4.78 is 28.5. The molecule has 6 aromatic rings. The van der Waals surface area contributed by atoms with Crippen LogP contribution in [0.1, 0.15) is 52.7 Å². The SMILES string of the molecule is CC(C)(C)c1ccnc(Oc2ccc3c(c2)c2cc(Oc4cc(C(C)(C)C)ccn4)ccc2n3-c2ccc(F)cc2)c1. The molecule has 0 bridgehead atoms. The van der Waals surface area contributed by atoms with E-state index in [1.807, 2.05) is 60.7 Å². The first-order chi connectivity index (χ1) is 20.0. The number of rotatable bonds is 5. The van der Waals surface area contributed by atoms with E-state index in [0.717, 1.165) is 38.6 Å². The van der Waals surface area contributed by atoms with E-state index in [-0.39, 0.29) is 16.6 Å². The van der Waals surface area contributed by atoms with Gasteiger partial charge in [0.15, 0.2) is 0 Å². The lowest BCUT2D eigenvalue weighted by atomic mass is 9.88. The van der Waals surface area contributed by atoms with Crippen LogP contribution in [0.25, 0.3) is 27.5 Å². The van der Waals surface area contributed by atoms with Gasteiger partial charge in [-0.05, 0) is 94.8 Å². The van der Waals surface area contributed by atoms with Gasteiger partial charge in [0.05, 0.1) is 11.0 Å². The fraction of sp³-hybridized carbons (Fsp3) is 0.222. The number of ether oxygens (including phenoxy) is 2. The summed E-state index contributed by atoms with van der Waals surface area (Å²) in [4.78, 5) is 8.89. The maximum Gasteiger partial charge on any atom is 0.219 e. The van der Waals surface area contributed by atoms with Crippen LogP contribution in [0.15, 0.2) is 97.3 Å². The summed E-state index contributed by atoms with van der Waals surface area (Å²) in [5.41, 5.74) is 5.03. The maximum absolute atomic E-state index is 13.8. The molecule has 0 radical (unpaired) electrons. The van der Waals surface area contributed by atoms with Gasteiger partial charge in [0.25, 0.3) is 0 Å². The first-order valence-corrected chi connectivity index (χ1v) is 14.1. The second-order valence-corrected chi connectivity index (χ2v) is 12.6. The molecule has 0 aliphatic rings. The summed E-state index contributed by atoms with van der Waals surface area (Å²) in [5, 5.41) is 1.95. The Morgan fingerprint density at radius 1 is 0.571 bits per heavy atom. The van der Waals surface area contributed by atoms with Gasteiger partial charge in [0, 0.05) is 41.0 Å². The van der Waals surface area contributed by atoms with Gasteiger partial charge < -0.3 is 14.0 Å². The molecule has 6 heteroatoms. The zero-order valence-corrected chi connectivity index (χ0v) is 24.8. The topological polar surface area (TPSA) is 49.2 Å². The van der Waals surface area contributed by atoms with E-state index in [9.17, 15) is 4.39 Å². The van der Waals surface area contributed by atoms with Gasteiger partial charge in [-0.15, -0.1) is 0 Å². The second-order valence-electron chi connectivity index (χ2n) is 12.6. The second kappa shape index (κ2) is 10.3. The Balaban J connectivity index is 1.46. The van der Waals surface area contributed by atoms with Crippen molar-refractivity contribution in [2.45, 2.75) is 52.4 Å². The highest BCUT2D eigenvalue weighted by atomic mass is 19.1. The number of benzene rings is 3. The van der Waals surface area contributed by atoms with Gasteiger partial charge in [-0.2, -0.15) is 0 Å². The van der Waals surface area contributed by atoms with Crippen molar-refractivity contribution in [1.82, 2.24) is 14.5 Å². The minimum absolute atomic E-state index is 0.0226. The Morgan fingerprint density at radius 2 is 1.02 bits per heavy atom. The van der Waals surface area contributed by atoms with Crippen molar-refractivity contribution in [1.29, 1.82) is 0 Å². The lowest BCUT2D eigenvalue weighted by Crippen LogP contribution is -2.11. The van der Waals surface area contributed by atoms with Crippen molar-refractivity contribution < 1.29 is 13.9 Å². The molecule has 212 valence electrons. The van der Waals surface area contributed by atoms with Crippen molar-refractivity contribution in [3.05, 3.63) is 114 Å². The molecule has 0 amide bonds. The molecule has 0 saturated heterocycles. The standard InChI is InChI=1S/C36H34FN3O2/c1-35(2,3)23-15-17-38-33(19-23)41-27-11-13-31-29(21-27)30-22-28(42-34-20-24(16-18-39-34)36(4,5)6)12-14-32(30)40(31)26-9-7-25(37)8-10-26/h7-22H,1-6H3. The van der Waals surface area contributed by atoms with Crippen LogP contribution in [0.4, 0.5) is 4.39 Å². The first-order valence-electron chi connectivity index (χ1n) is 14.1. The van der Waals surface area contributed by atoms with Crippen molar-refractivity contribution in [3.8, 4) is 28.9 Å². The van der Waals surface area contributed by atoms with Gasteiger partial charge in [-0.1, -0.05) is 41.5 Å². The predicted octanol–water partition coefficient (Wildman–Crippen LogP) is 9.89. The number of fused-ring (bicyclic) bond motifs is 3. The molecule has 0 N–H and O–H groups in total. The first kappa shape index (κ1) is 27.5. The van der Waals surface area contributed by atoms with Gasteiger partial charge >= 0.3 is 0 Å². The highest BCUT2D eigenvalue weighted by molar-refractivity contribution is 6.10. The predicted molar refractivity (Wildman–Crippen MR) is 167 cm³/mol. The van der Waals surface area contributed by atoms with Crippen molar-refractivity contribution in [2.75, 3.05) is 0 Å². The van der Waals surface area contributed by atoms with Crippen LogP contribution in [0.5, 0.6) is 23.3 Å².